The zero-order chi connectivity index (χ0) is 8.10. The lowest BCUT2D eigenvalue weighted by Gasteiger charge is -1.94. The summed E-state index contributed by atoms with van der Waals surface area (Å²) in [6, 6.07) is 0. The number of methoxy groups -OCH3 is 1. The molecule has 0 spiro atoms. The van der Waals surface area contributed by atoms with Crippen LogP contribution >= 0.6 is 0 Å². The molecule has 0 saturated heterocycles. The lowest BCUT2D eigenvalue weighted by molar-refractivity contribution is -0.140. The number of hydrogen-bond acceptors (Lipinski definition) is 4. The second kappa shape index (κ2) is 3.75. The highest BCUT2D eigenvalue weighted by molar-refractivity contribution is 5.69. The molecule has 0 aliphatic carbocycles. The first-order chi connectivity index (χ1) is 5.33. The van der Waals surface area contributed by atoms with Crippen LogP contribution in [0.3, 0.4) is 0 Å². The summed E-state index contributed by atoms with van der Waals surface area (Å²) in [5.41, 5.74) is 0. The van der Waals surface area contributed by atoms with Crippen molar-refractivity contribution in [1.82, 2.24) is 4.98 Å². The third kappa shape index (κ3) is 2.41. The van der Waals surface area contributed by atoms with E-state index in [1.165, 1.54) is 13.5 Å². The topological polar surface area (TPSA) is 52.3 Å². The van der Waals surface area contributed by atoms with E-state index in [2.05, 4.69) is 9.72 Å². The fourth-order valence-electron chi connectivity index (χ4n) is 0.693. The van der Waals surface area contributed by atoms with Gasteiger partial charge in [0.15, 0.2) is 6.39 Å². The van der Waals surface area contributed by atoms with Crippen LogP contribution in [-0.4, -0.2) is 18.1 Å². The molecule has 0 saturated carbocycles. The molecule has 11 heavy (non-hydrogen) atoms. The average molecular weight is 155 g/mol. The summed E-state index contributed by atoms with van der Waals surface area (Å²) in [5.74, 6) is 0.469. The quantitative estimate of drug-likeness (QED) is 0.605. The number of hydrogen-bond donors (Lipinski definition) is 0. The number of aromatic nitrogens is 1. The van der Waals surface area contributed by atoms with Crippen molar-refractivity contribution in [1.29, 1.82) is 0 Å². The van der Waals surface area contributed by atoms with Crippen LogP contribution in [-0.2, 0) is 16.0 Å². The van der Waals surface area contributed by atoms with Crippen LogP contribution in [0.2, 0.25) is 0 Å². The van der Waals surface area contributed by atoms with Crippen molar-refractivity contribution in [2.24, 2.45) is 0 Å². The van der Waals surface area contributed by atoms with E-state index in [9.17, 15) is 4.79 Å². The highest BCUT2D eigenvalue weighted by Gasteiger charge is 2.02. The summed E-state index contributed by atoms with van der Waals surface area (Å²) in [4.78, 5) is 14.3. The third-order valence-corrected chi connectivity index (χ3v) is 1.29. The monoisotopic (exact) mass is 155 g/mol. The van der Waals surface area contributed by atoms with Gasteiger partial charge in [-0.05, 0) is 0 Å². The van der Waals surface area contributed by atoms with Gasteiger partial charge in [-0.25, -0.2) is 4.98 Å². The van der Waals surface area contributed by atoms with Crippen LogP contribution in [0, 0.1) is 0 Å². The van der Waals surface area contributed by atoms with Gasteiger partial charge in [0, 0.05) is 6.42 Å². The molecule has 1 aromatic heterocycles. The Morgan fingerprint density at radius 2 is 2.64 bits per heavy atom. The molecule has 0 amide bonds. The Kier molecular flexibility index (Phi) is 2.66. The zero-order valence-corrected chi connectivity index (χ0v) is 6.24. The SMILES string of the molecule is COC(=O)CCc1cnco1. The smallest absolute Gasteiger partial charge is 0.305 e. The van der Waals surface area contributed by atoms with Gasteiger partial charge in [-0.1, -0.05) is 0 Å². The zero-order valence-electron chi connectivity index (χ0n) is 6.24. The first-order valence-corrected chi connectivity index (χ1v) is 3.27. The van der Waals surface area contributed by atoms with E-state index >= 15 is 0 Å². The van der Waals surface area contributed by atoms with Gasteiger partial charge in [0.1, 0.15) is 5.76 Å². The molecule has 0 bridgehead atoms. The molecule has 4 heteroatoms. The van der Waals surface area contributed by atoms with Gasteiger partial charge >= 0.3 is 5.97 Å². The maximum absolute atomic E-state index is 10.6. The maximum Gasteiger partial charge on any atom is 0.305 e. The van der Waals surface area contributed by atoms with Gasteiger partial charge in [-0.3, -0.25) is 4.79 Å². The summed E-state index contributed by atoms with van der Waals surface area (Å²) >= 11 is 0. The van der Waals surface area contributed by atoms with Crippen molar-refractivity contribution in [3.63, 3.8) is 0 Å². The molecule has 0 fully saturated rings. The Balaban J connectivity index is 2.29. The minimum absolute atomic E-state index is 0.235. The van der Waals surface area contributed by atoms with Gasteiger partial charge < -0.3 is 9.15 Å². The second-order valence-electron chi connectivity index (χ2n) is 2.04. The van der Waals surface area contributed by atoms with Crippen molar-refractivity contribution in [3.05, 3.63) is 18.4 Å². The fourth-order valence-corrected chi connectivity index (χ4v) is 0.693. The molecule has 1 rings (SSSR count). The number of esters is 1. The molecule has 0 N–H and O–H groups in total. The summed E-state index contributed by atoms with van der Waals surface area (Å²) in [6.45, 7) is 0. The number of oxazole rings is 1. The molecule has 4 nitrogen and oxygen atoms in total. The molecular formula is C7H9NO3. The lowest BCUT2D eigenvalue weighted by atomic mass is 10.3. The fraction of sp³-hybridized carbons (Fsp3) is 0.429. The molecule has 0 atom stereocenters. The maximum atomic E-state index is 10.6. The average Bonchev–Trinajstić information content (AvgIpc) is 2.52. The standard InChI is InChI=1S/C7H9NO3/c1-10-7(9)3-2-6-4-8-5-11-6/h4-5H,2-3H2,1H3. The number of carbonyl (C=O) groups is 1. The van der Waals surface area contributed by atoms with E-state index in [1.54, 1.807) is 6.20 Å². The van der Waals surface area contributed by atoms with Crippen LogP contribution < -0.4 is 0 Å². The molecule has 0 unspecified atom stereocenters. The molecule has 1 aromatic rings. The van der Waals surface area contributed by atoms with Crippen LogP contribution in [0.4, 0.5) is 0 Å². The lowest BCUT2D eigenvalue weighted by Crippen LogP contribution is -2.01. The Labute approximate surface area is 64.2 Å². The highest BCUT2D eigenvalue weighted by Crippen LogP contribution is 2.01. The van der Waals surface area contributed by atoms with Crippen molar-refractivity contribution in [3.8, 4) is 0 Å². The van der Waals surface area contributed by atoms with E-state index in [0.29, 0.717) is 18.6 Å². The highest BCUT2D eigenvalue weighted by atomic mass is 16.5. The van der Waals surface area contributed by atoms with E-state index in [0.717, 1.165) is 0 Å². The van der Waals surface area contributed by atoms with Gasteiger partial charge in [-0.2, -0.15) is 0 Å². The van der Waals surface area contributed by atoms with Gasteiger partial charge in [-0.15, -0.1) is 0 Å². The van der Waals surface area contributed by atoms with E-state index < -0.39 is 0 Å². The van der Waals surface area contributed by atoms with Crippen molar-refractivity contribution >= 4 is 5.97 Å². The first kappa shape index (κ1) is 7.78. The summed E-state index contributed by atoms with van der Waals surface area (Å²) in [6.07, 6.45) is 3.81. The minimum Gasteiger partial charge on any atom is -0.469 e. The largest absolute Gasteiger partial charge is 0.469 e. The van der Waals surface area contributed by atoms with Crippen LogP contribution in [0.5, 0.6) is 0 Å². The van der Waals surface area contributed by atoms with Crippen molar-refractivity contribution in [2.75, 3.05) is 7.11 Å². The van der Waals surface area contributed by atoms with Crippen LogP contribution in [0.25, 0.3) is 0 Å². The molecule has 0 aliphatic rings. The number of ether oxygens (including phenoxy) is 1. The molecule has 60 valence electrons. The van der Waals surface area contributed by atoms with Crippen molar-refractivity contribution < 1.29 is 13.9 Å². The van der Waals surface area contributed by atoms with Crippen molar-refractivity contribution in [2.45, 2.75) is 12.8 Å². The van der Waals surface area contributed by atoms with Crippen LogP contribution in [0.1, 0.15) is 12.2 Å². The molecule has 0 aliphatic heterocycles. The number of nitrogens with zero attached hydrogens (tertiary/aromatic N) is 1. The number of aryl methyl sites for hydroxylation is 1. The predicted octanol–water partition coefficient (Wildman–Crippen LogP) is 0.780. The van der Waals surface area contributed by atoms with Gasteiger partial charge in [0.2, 0.25) is 0 Å². The Hall–Kier alpha value is -1.32. The molecule has 0 radical (unpaired) electrons. The molecule has 0 aromatic carbocycles. The number of carbonyl (C=O) groups excluding carboxylic acids is 1. The first-order valence-electron chi connectivity index (χ1n) is 3.27. The summed E-state index contributed by atoms with van der Waals surface area (Å²) < 4.78 is 9.36. The van der Waals surface area contributed by atoms with Gasteiger partial charge in [0.05, 0.1) is 19.7 Å². The number of rotatable bonds is 3. The molecular weight excluding hydrogens is 146 g/mol. The van der Waals surface area contributed by atoms with E-state index in [4.69, 9.17) is 4.42 Å². The van der Waals surface area contributed by atoms with Crippen LogP contribution in [0.15, 0.2) is 17.0 Å². The second-order valence-corrected chi connectivity index (χ2v) is 2.04. The van der Waals surface area contributed by atoms with E-state index in [1.807, 2.05) is 0 Å². The molecule has 1 heterocycles. The minimum atomic E-state index is -0.235. The Morgan fingerprint density at radius 1 is 1.82 bits per heavy atom. The Morgan fingerprint density at radius 3 is 3.18 bits per heavy atom. The predicted molar refractivity (Wildman–Crippen MR) is 36.8 cm³/mol. The van der Waals surface area contributed by atoms with Gasteiger partial charge in [0.25, 0.3) is 0 Å². The summed E-state index contributed by atoms with van der Waals surface area (Å²) in [5, 5.41) is 0. The normalized spacial score (nSPS) is 9.55. The Bertz CT molecular complexity index is 218. The third-order valence-electron chi connectivity index (χ3n) is 1.29. The van der Waals surface area contributed by atoms with E-state index in [-0.39, 0.29) is 5.97 Å². The summed E-state index contributed by atoms with van der Waals surface area (Å²) in [7, 11) is 1.36.